The largest absolute Gasteiger partial charge is 0.416 e. The van der Waals surface area contributed by atoms with Crippen molar-refractivity contribution in [1.82, 2.24) is 0 Å². The summed E-state index contributed by atoms with van der Waals surface area (Å²) in [7, 11) is 0. The molecule has 1 aromatic heterocycles. The van der Waals surface area contributed by atoms with Crippen molar-refractivity contribution in [3.8, 4) is 0 Å². The predicted octanol–water partition coefficient (Wildman–Crippen LogP) is 12.5. The Bertz CT molecular complexity index is 2750. The number of hydrogen-bond acceptors (Lipinski definition) is 4. The number of aromatic nitrogens is 1. The smallest absolute Gasteiger partial charge is 0.287 e. The topological polar surface area (TPSA) is 81.2 Å². The van der Waals surface area contributed by atoms with Gasteiger partial charge in [0.25, 0.3) is 6.54 Å². The van der Waals surface area contributed by atoms with Crippen LogP contribution in [0.25, 0.3) is 0 Å². The van der Waals surface area contributed by atoms with Crippen LogP contribution in [0.5, 0.6) is 0 Å². The minimum Gasteiger partial charge on any atom is -0.287 e. The highest BCUT2D eigenvalue weighted by atomic mass is 19.4. The van der Waals surface area contributed by atoms with E-state index in [0.29, 0.717) is 5.56 Å². The van der Waals surface area contributed by atoms with Crippen molar-refractivity contribution in [3.63, 3.8) is 0 Å². The Morgan fingerprint density at radius 2 is 0.603 bits per heavy atom. The molecule has 78 heavy (non-hydrogen) atoms. The Morgan fingerprint density at radius 3 is 0.821 bits per heavy atom. The molecule has 0 amide bonds. The van der Waals surface area contributed by atoms with E-state index in [0.717, 1.165) is 0 Å². The molecule has 0 aliphatic heterocycles. The molecular formula is C47H25BF24N2O4. The Labute approximate surface area is 419 Å². The number of rotatable bonds is 10. The first-order chi connectivity index (χ1) is 35.3. The van der Waals surface area contributed by atoms with Gasteiger partial charge in [-0.1, -0.05) is 78.9 Å². The summed E-state index contributed by atoms with van der Waals surface area (Å²) >= 11 is 0. The monoisotopic (exact) mass is 1150 g/mol. The van der Waals surface area contributed by atoms with Gasteiger partial charge in [0.15, 0.2) is 12.4 Å². The first-order valence-corrected chi connectivity index (χ1v) is 20.9. The minimum absolute atomic E-state index is 0.0510. The van der Waals surface area contributed by atoms with Gasteiger partial charge in [-0.2, -0.15) is 132 Å². The lowest BCUT2D eigenvalue weighted by atomic mass is 9.12. The normalized spacial score (nSPS) is 13.2. The van der Waals surface area contributed by atoms with Gasteiger partial charge in [-0.3, -0.25) is 19.7 Å². The van der Waals surface area contributed by atoms with Crippen LogP contribution in [0.1, 0.15) is 65.2 Å². The van der Waals surface area contributed by atoms with E-state index < -0.39 is 212 Å². The maximum atomic E-state index is 14.2. The van der Waals surface area contributed by atoms with Crippen LogP contribution in [-0.4, -0.2) is 29.2 Å². The van der Waals surface area contributed by atoms with Crippen LogP contribution >= 0.6 is 0 Å². The van der Waals surface area contributed by atoms with Crippen molar-refractivity contribution >= 4 is 39.6 Å². The summed E-state index contributed by atoms with van der Waals surface area (Å²) in [4.78, 5) is 33.1. The Morgan fingerprint density at radius 1 is 0.372 bits per heavy atom. The van der Waals surface area contributed by atoms with Crippen LogP contribution < -0.4 is 26.4 Å². The third-order valence-corrected chi connectivity index (χ3v) is 11.3. The van der Waals surface area contributed by atoms with E-state index >= 15 is 0 Å². The van der Waals surface area contributed by atoms with Gasteiger partial charge in [-0.25, -0.2) is 0 Å². The summed E-state index contributed by atoms with van der Waals surface area (Å²) in [6.45, 7) is -0.583. The maximum Gasteiger partial charge on any atom is 0.416 e. The van der Waals surface area contributed by atoms with E-state index in [9.17, 15) is 125 Å². The van der Waals surface area contributed by atoms with Crippen LogP contribution in [0.4, 0.5) is 105 Å². The number of nitro groups is 1. The number of hydrogen-bond donors (Lipinski definition) is 0. The van der Waals surface area contributed by atoms with E-state index in [1.54, 1.807) is 41.2 Å². The highest BCUT2D eigenvalue weighted by Crippen LogP contribution is 2.41. The van der Waals surface area contributed by atoms with Gasteiger partial charge in [-0.15, -0.1) is 0 Å². The number of nitrogens with zero attached hydrogens (tertiary/aromatic N) is 2. The molecule has 0 aliphatic carbocycles. The van der Waals surface area contributed by atoms with Crippen molar-refractivity contribution in [3.05, 3.63) is 193 Å². The second-order valence-electron chi connectivity index (χ2n) is 16.7. The molecule has 6 rings (SSSR count). The number of halogens is 24. The first kappa shape index (κ1) is 61.2. The van der Waals surface area contributed by atoms with Crippen molar-refractivity contribution in [1.29, 1.82) is 0 Å². The summed E-state index contributed by atoms with van der Waals surface area (Å²) in [5.74, 6) is -0.605. The number of pyridine rings is 1. The summed E-state index contributed by atoms with van der Waals surface area (Å²) in [6, 6.07) is 3.02. The lowest BCUT2D eigenvalue weighted by Gasteiger charge is -2.46. The second-order valence-corrected chi connectivity index (χ2v) is 16.7. The summed E-state index contributed by atoms with van der Waals surface area (Å²) < 4.78 is 342. The van der Waals surface area contributed by atoms with E-state index in [2.05, 4.69) is 0 Å². The molecule has 0 saturated carbocycles. The fourth-order valence-electron chi connectivity index (χ4n) is 7.91. The van der Waals surface area contributed by atoms with Gasteiger partial charge in [0.1, 0.15) is 6.15 Å². The molecule has 418 valence electrons. The van der Waals surface area contributed by atoms with Crippen molar-refractivity contribution in [2.45, 2.75) is 56.0 Å². The van der Waals surface area contributed by atoms with Gasteiger partial charge < -0.3 is 0 Å². The van der Waals surface area contributed by atoms with Crippen molar-refractivity contribution in [2.24, 2.45) is 0 Å². The zero-order valence-corrected chi connectivity index (χ0v) is 37.7. The van der Waals surface area contributed by atoms with E-state index in [1.807, 2.05) is 6.07 Å². The molecule has 0 bridgehead atoms. The third kappa shape index (κ3) is 14.5. The lowest BCUT2D eigenvalue weighted by Crippen LogP contribution is -2.75. The zero-order chi connectivity index (χ0) is 59.2. The number of benzene rings is 5. The number of carbonyl (C=O) groups excluding carboxylic acids is 2. The standard InChI is InChI=1S/C32H12BF24.C15H13N2O4/c34-25(35,36)13-1-14(26(37,38)39)6-21(5-13)33(22-7-15(27(40,41)42)2-16(8-22)28(43,44)45,23-9-17(29(46,47)48)3-18(10-23)30(49,50)51)24-11-19(31(52,53)54)4-20(12-24)32(55,56)57;18-14(12-4-2-1-3-5-12)10-16-8-6-13(7-9-16)15(19)11-17(20)21/h1-12H;1-9H,10-11H2/q-1;+1. The fraction of sp³-hybridized carbons (Fsp3) is 0.213. The number of carbonyl (C=O) groups is 2. The van der Waals surface area contributed by atoms with Crippen LogP contribution in [-0.2, 0) is 56.0 Å². The molecule has 0 fully saturated rings. The average molecular weight is 1150 g/mol. The molecule has 1 heterocycles. The van der Waals surface area contributed by atoms with E-state index in [4.69, 9.17) is 0 Å². The van der Waals surface area contributed by atoms with Crippen LogP contribution in [0.2, 0.25) is 0 Å². The molecule has 31 heteroatoms. The Balaban J connectivity index is 0.000000443. The molecule has 0 unspecified atom stereocenters. The zero-order valence-electron chi connectivity index (χ0n) is 37.7. The van der Waals surface area contributed by atoms with Gasteiger partial charge in [0, 0.05) is 28.2 Å². The molecule has 0 spiro atoms. The third-order valence-electron chi connectivity index (χ3n) is 11.3. The quantitative estimate of drug-likeness (QED) is 0.0342. The van der Waals surface area contributed by atoms with Gasteiger partial charge in [-0.05, 0) is 24.3 Å². The van der Waals surface area contributed by atoms with E-state index in [1.165, 1.54) is 12.1 Å². The van der Waals surface area contributed by atoms with Crippen LogP contribution in [0.3, 0.4) is 0 Å². The Kier molecular flexibility index (Phi) is 16.7. The molecule has 0 atom stereocenters. The summed E-state index contributed by atoms with van der Waals surface area (Å²) in [5.41, 5.74) is -29.3. The van der Waals surface area contributed by atoms with Gasteiger partial charge >= 0.3 is 49.4 Å². The number of Topliss-reactive ketones (excluding diaryl/α,β-unsaturated/α-hetero) is 2. The minimum atomic E-state index is -6.13. The average Bonchev–Trinajstić information content (AvgIpc) is 3.30. The SMILES string of the molecule is FC(F)(F)c1cc([B-](c2cc(C(F)(F)F)cc(C(F)(F)F)c2)(c2cc(C(F)(F)F)cc(C(F)(F)F)c2)c2cc(C(F)(F)F)cc(C(F)(F)F)c2)cc(C(F)(F)F)c1.O=C(C[N+](=O)[O-])c1cc[n+](CC(=O)c2ccccc2)cc1. The molecule has 6 aromatic rings. The molecule has 6 nitrogen and oxygen atoms in total. The lowest BCUT2D eigenvalue weighted by molar-refractivity contribution is -0.683. The highest BCUT2D eigenvalue weighted by Gasteiger charge is 2.47. The first-order valence-electron chi connectivity index (χ1n) is 20.9. The molecule has 5 aromatic carbocycles. The summed E-state index contributed by atoms with van der Waals surface area (Å²) in [6.07, 6.45) is -51.7. The van der Waals surface area contributed by atoms with Crippen LogP contribution in [0.15, 0.2) is 128 Å². The second kappa shape index (κ2) is 21.3. The fourth-order valence-corrected chi connectivity index (χ4v) is 7.91. The molecule has 0 N–H and O–H groups in total. The summed E-state index contributed by atoms with van der Waals surface area (Å²) in [5, 5.41) is 10.3. The number of alkyl halides is 24. The Hall–Kier alpha value is -7.63. The molecular weight excluding hydrogens is 1120 g/mol. The van der Waals surface area contributed by atoms with Gasteiger partial charge in [0.05, 0.1) is 44.5 Å². The van der Waals surface area contributed by atoms with Gasteiger partial charge in [0.2, 0.25) is 18.1 Å². The predicted molar refractivity (Wildman–Crippen MR) is 224 cm³/mol. The van der Waals surface area contributed by atoms with Crippen molar-refractivity contribution in [2.75, 3.05) is 6.54 Å². The maximum absolute atomic E-state index is 14.2. The van der Waals surface area contributed by atoms with Crippen molar-refractivity contribution < 1.29 is 124 Å². The molecule has 0 saturated heterocycles. The van der Waals surface area contributed by atoms with E-state index in [-0.39, 0.29) is 17.9 Å². The molecule has 0 aliphatic rings. The number of ketones is 2. The van der Waals surface area contributed by atoms with Crippen LogP contribution in [0, 0.1) is 10.1 Å². The highest BCUT2D eigenvalue weighted by molar-refractivity contribution is 7.20. The molecule has 0 radical (unpaired) electrons.